The van der Waals surface area contributed by atoms with Gasteiger partial charge in [-0.05, 0) is 30.2 Å². The van der Waals surface area contributed by atoms with Gasteiger partial charge >= 0.3 is 11.4 Å². The summed E-state index contributed by atoms with van der Waals surface area (Å²) in [4.78, 5) is 0. The van der Waals surface area contributed by atoms with E-state index in [-0.39, 0.29) is 19.1 Å². The molecule has 0 fully saturated rings. The second-order valence-electron chi connectivity index (χ2n) is 3.50. The lowest BCUT2D eigenvalue weighted by Crippen LogP contribution is -2.14. The van der Waals surface area contributed by atoms with Crippen LogP contribution in [0.2, 0.25) is 0 Å². The van der Waals surface area contributed by atoms with Crippen molar-refractivity contribution in [2.45, 2.75) is 12.8 Å². The lowest BCUT2D eigenvalue weighted by molar-refractivity contribution is 0.205. The number of aliphatic hydroxyl groups is 1. The maximum absolute atomic E-state index is 10.4. The molecule has 0 aliphatic carbocycles. The summed E-state index contributed by atoms with van der Waals surface area (Å²) in [7, 11) is 0. The number of nitrogen functional groups attached to an aromatic ring is 1. The monoisotopic (exact) mass is 245 g/mol. The second-order valence-corrected chi connectivity index (χ2v) is 4.17. The third kappa shape index (κ3) is 3.57. The summed E-state index contributed by atoms with van der Waals surface area (Å²) in [5.74, 6) is -0.323. The van der Waals surface area contributed by atoms with Gasteiger partial charge in [0.1, 0.15) is 0 Å². The maximum atomic E-state index is 10.4. The van der Waals surface area contributed by atoms with E-state index in [2.05, 4.69) is 4.18 Å². The number of aryl methyl sites for hydroxylation is 1. The first-order chi connectivity index (χ1) is 7.54. The van der Waals surface area contributed by atoms with Gasteiger partial charge in [0.2, 0.25) is 0 Å². The Morgan fingerprint density at radius 2 is 2.25 bits per heavy atom. The first-order valence-electron chi connectivity index (χ1n) is 4.75. The summed E-state index contributed by atoms with van der Waals surface area (Å²) in [6.45, 7) is 1.70. The minimum atomic E-state index is -2.31. The highest BCUT2D eigenvalue weighted by atomic mass is 32.2. The van der Waals surface area contributed by atoms with Crippen LogP contribution in [-0.4, -0.2) is 27.1 Å². The molecular formula is C10H15NO4S. The van der Waals surface area contributed by atoms with Gasteiger partial charge in [-0.2, -0.15) is 4.21 Å². The minimum absolute atomic E-state index is 0.00955. The molecule has 5 nitrogen and oxygen atoms in total. The van der Waals surface area contributed by atoms with E-state index in [1.54, 1.807) is 18.2 Å². The van der Waals surface area contributed by atoms with Gasteiger partial charge in [0.15, 0.2) is 0 Å². The molecule has 1 aromatic carbocycles. The van der Waals surface area contributed by atoms with Crippen molar-refractivity contribution in [3.05, 3.63) is 29.3 Å². The zero-order chi connectivity index (χ0) is 12.1. The fourth-order valence-corrected chi connectivity index (χ4v) is 1.82. The van der Waals surface area contributed by atoms with Crippen LogP contribution in [0.5, 0.6) is 0 Å². The zero-order valence-corrected chi connectivity index (χ0v) is 9.74. The molecular weight excluding hydrogens is 230 g/mol. The summed E-state index contributed by atoms with van der Waals surface area (Å²) in [5, 5.41) is 9.19. The quantitative estimate of drug-likeness (QED) is 0.527. The number of hydrogen-bond donors (Lipinski definition) is 3. The van der Waals surface area contributed by atoms with Crippen molar-refractivity contribution in [2.75, 3.05) is 18.9 Å². The molecule has 0 saturated heterocycles. The predicted octanol–water partition coefficient (Wildman–Crippen LogP) is 0.806. The highest BCUT2D eigenvalue weighted by Crippen LogP contribution is 2.22. The molecule has 0 saturated carbocycles. The second kappa shape index (κ2) is 5.95. The molecule has 2 unspecified atom stereocenters. The molecule has 0 aliphatic heterocycles. The fourth-order valence-electron chi connectivity index (χ4n) is 1.54. The third-order valence-electron chi connectivity index (χ3n) is 2.32. The fraction of sp³-hybridized carbons (Fsp3) is 0.400. The van der Waals surface area contributed by atoms with Gasteiger partial charge in [0.05, 0.1) is 13.2 Å². The van der Waals surface area contributed by atoms with Crippen LogP contribution in [0.4, 0.5) is 5.69 Å². The molecule has 0 bridgehead atoms. The van der Waals surface area contributed by atoms with Crippen molar-refractivity contribution in [3.63, 3.8) is 0 Å². The molecule has 0 aromatic heterocycles. The van der Waals surface area contributed by atoms with Crippen LogP contribution < -0.4 is 5.73 Å². The molecule has 0 spiro atoms. The molecule has 90 valence electrons. The number of hydrogen-bond acceptors (Lipinski definition) is 4. The molecule has 0 amide bonds. The molecule has 2 atom stereocenters. The molecule has 1 aromatic rings. The largest absolute Gasteiger partial charge is 0.399 e. The Bertz CT molecular complexity index is 383. The summed E-state index contributed by atoms with van der Waals surface area (Å²) >= 11 is -2.31. The highest BCUT2D eigenvalue weighted by molar-refractivity contribution is 7.74. The van der Waals surface area contributed by atoms with E-state index in [1.165, 1.54) is 0 Å². The maximum Gasteiger partial charge on any atom is 0.301 e. The molecule has 1 rings (SSSR count). The van der Waals surface area contributed by atoms with Crippen LogP contribution in [-0.2, 0) is 15.5 Å². The Labute approximate surface area is 96.7 Å². The first-order valence-corrected chi connectivity index (χ1v) is 5.78. The van der Waals surface area contributed by atoms with Crippen LogP contribution in [0.1, 0.15) is 17.0 Å². The van der Waals surface area contributed by atoms with E-state index >= 15 is 0 Å². The van der Waals surface area contributed by atoms with E-state index in [0.29, 0.717) is 5.69 Å². The van der Waals surface area contributed by atoms with Crippen molar-refractivity contribution in [1.82, 2.24) is 0 Å². The highest BCUT2D eigenvalue weighted by Gasteiger charge is 2.14. The summed E-state index contributed by atoms with van der Waals surface area (Å²) in [5.41, 5.74) is 8.04. The van der Waals surface area contributed by atoms with Crippen molar-refractivity contribution < 1.29 is 18.1 Å². The molecule has 0 heterocycles. The summed E-state index contributed by atoms with van der Waals surface area (Å²) in [6.07, 6.45) is 0. The van der Waals surface area contributed by atoms with Crippen LogP contribution in [0, 0.1) is 6.92 Å². The van der Waals surface area contributed by atoms with Gasteiger partial charge in [-0.1, -0.05) is 6.07 Å². The normalized spacial score (nSPS) is 14.7. The Morgan fingerprint density at radius 1 is 1.56 bits per heavy atom. The number of anilines is 1. The van der Waals surface area contributed by atoms with Gasteiger partial charge in [-0.15, -0.1) is 0 Å². The Morgan fingerprint density at radius 3 is 2.75 bits per heavy atom. The van der Waals surface area contributed by atoms with Crippen molar-refractivity contribution in [2.24, 2.45) is 0 Å². The van der Waals surface area contributed by atoms with E-state index < -0.39 is 11.4 Å². The van der Waals surface area contributed by atoms with E-state index in [9.17, 15) is 9.32 Å². The van der Waals surface area contributed by atoms with E-state index in [4.69, 9.17) is 10.3 Å². The standard InChI is InChI=1S/C10H15NO4S/c1-7-4-9(11)2-3-10(7)8(5-12)6-15-16(13)14/h2-4,8,12H,5-6,11H2,1H3,(H,13,14). The van der Waals surface area contributed by atoms with Gasteiger partial charge in [0, 0.05) is 11.6 Å². The predicted molar refractivity (Wildman–Crippen MR) is 62.1 cm³/mol. The Balaban J connectivity index is 2.82. The minimum Gasteiger partial charge on any atom is -0.399 e. The molecule has 4 N–H and O–H groups in total. The lowest BCUT2D eigenvalue weighted by Gasteiger charge is -2.16. The number of aliphatic hydroxyl groups excluding tert-OH is 1. The van der Waals surface area contributed by atoms with Gasteiger partial charge < -0.3 is 10.8 Å². The first kappa shape index (κ1) is 13.1. The SMILES string of the molecule is Cc1cc(N)ccc1C(CO)COS(=O)O. The molecule has 16 heavy (non-hydrogen) atoms. The lowest BCUT2D eigenvalue weighted by atomic mass is 9.96. The summed E-state index contributed by atoms with van der Waals surface area (Å²) < 4.78 is 23.5. The van der Waals surface area contributed by atoms with Crippen LogP contribution in [0.3, 0.4) is 0 Å². The zero-order valence-electron chi connectivity index (χ0n) is 8.92. The van der Waals surface area contributed by atoms with Gasteiger partial charge in [-0.3, -0.25) is 8.74 Å². The average molecular weight is 245 g/mol. The number of nitrogens with two attached hydrogens (primary N) is 1. The smallest absolute Gasteiger partial charge is 0.301 e. The van der Waals surface area contributed by atoms with Crippen LogP contribution in [0.25, 0.3) is 0 Å². The third-order valence-corrected chi connectivity index (χ3v) is 2.66. The van der Waals surface area contributed by atoms with Crippen molar-refractivity contribution in [1.29, 1.82) is 0 Å². The molecule has 6 heteroatoms. The van der Waals surface area contributed by atoms with Gasteiger partial charge in [0.25, 0.3) is 0 Å². The van der Waals surface area contributed by atoms with Crippen molar-refractivity contribution >= 4 is 17.0 Å². The molecule has 0 aliphatic rings. The Hall–Kier alpha value is -0.950. The van der Waals surface area contributed by atoms with E-state index in [1.807, 2.05) is 6.92 Å². The van der Waals surface area contributed by atoms with Crippen LogP contribution in [0.15, 0.2) is 18.2 Å². The van der Waals surface area contributed by atoms with Crippen molar-refractivity contribution in [3.8, 4) is 0 Å². The number of benzene rings is 1. The van der Waals surface area contributed by atoms with E-state index in [0.717, 1.165) is 11.1 Å². The molecule has 0 radical (unpaired) electrons. The number of rotatable bonds is 5. The summed E-state index contributed by atoms with van der Waals surface area (Å²) in [6, 6.07) is 5.30. The van der Waals surface area contributed by atoms with Crippen LogP contribution >= 0.6 is 0 Å². The van der Waals surface area contributed by atoms with Gasteiger partial charge in [-0.25, -0.2) is 0 Å². The average Bonchev–Trinajstić information content (AvgIpc) is 2.21. The topological polar surface area (TPSA) is 92.8 Å². The Kier molecular flexibility index (Phi) is 4.88.